The number of fused-ring (bicyclic) bond motifs is 1. The van der Waals surface area contributed by atoms with Gasteiger partial charge in [-0.25, -0.2) is 4.98 Å². The largest absolute Gasteiger partial charge is 0.382 e. The molecule has 0 amide bonds. The number of thioether (sulfide) groups is 1. The van der Waals surface area contributed by atoms with E-state index in [1.54, 1.807) is 16.7 Å². The molecule has 0 saturated heterocycles. The number of benzene rings is 2. The first-order valence-electron chi connectivity index (χ1n) is 9.95. The minimum absolute atomic E-state index is 0.0631. The molecule has 31 heavy (non-hydrogen) atoms. The van der Waals surface area contributed by atoms with Crippen LogP contribution in [0.2, 0.25) is 5.02 Å². The average molecular weight is 457 g/mol. The number of para-hydroxylation sites is 1. The van der Waals surface area contributed by atoms with Crippen molar-refractivity contribution in [2.45, 2.75) is 30.8 Å². The van der Waals surface area contributed by atoms with Crippen molar-refractivity contribution in [1.82, 2.24) is 19.7 Å². The zero-order valence-electron chi connectivity index (χ0n) is 17.0. The third kappa shape index (κ3) is 4.98. The molecule has 2 heterocycles. The molecule has 0 radical (unpaired) electrons. The van der Waals surface area contributed by atoms with Crippen LogP contribution < -0.4 is 5.56 Å². The third-order valence-corrected chi connectivity index (χ3v) is 5.90. The van der Waals surface area contributed by atoms with Crippen molar-refractivity contribution in [2.24, 2.45) is 0 Å². The smallest absolute Gasteiger partial charge is 0.262 e. The molecule has 2 aromatic heterocycles. The molecule has 0 fully saturated rings. The Morgan fingerprint density at radius 2 is 1.94 bits per heavy atom. The first kappa shape index (κ1) is 21.5. The number of nitrogens with zero attached hydrogens (tertiary/aromatic N) is 4. The molecule has 0 spiro atoms. The van der Waals surface area contributed by atoms with Crippen LogP contribution in [0.1, 0.15) is 19.2 Å². The van der Waals surface area contributed by atoms with Crippen molar-refractivity contribution in [1.29, 1.82) is 0 Å². The van der Waals surface area contributed by atoms with Crippen LogP contribution in [0, 0.1) is 0 Å². The fourth-order valence-electron chi connectivity index (χ4n) is 3.12. The van der Waals surface area contributed by atoms with Gasteiger partial charge in [0.05, 0.1) is 21.7 Å². The zero-order valence-corrected chi connectivity index (χ0v) is 18.5. The second-order valence-electron chi connectivity index (χ2n) is 6.70. The van der Waals surface area contributed by atoms with E-state index in [-0.39, 0.29) is 5.56 Å². The van der Waals surface area contributed by atoms with Gasteiger partial charge >= 0.3 is 0 Å². The lowest BCUT2D eigenvalue weighted by atomic mass is 10.2. The van der Waals surface area contributed by atoms with Gasteiger partial charge in [0.1, 0.15) is 0 Å². The lowest BCUT2D eigenvalue weighted by Gasteiger charge is -2.12. The highest BCUT2D eigenvalue weighted by Crippen LogP contribution is 2.27. The van der Waals surface area contributed by atoms with Crippen molar-refractivity contribution in [2.75, 3.05) is 13.2 Å². The van der Waals surface area contributed by atoms with Gasteiger partial charge in [-0.05, 0) is 37.6 Å². The van der Waals surface area contributed by atoms with Gasteiger partial charge in [0.25, 0.3) is 5.56 Å². The normalized spacial score (nSPS) is 11.3. The molecule has 0 N–H and O–H groups in total. The molecule has 0 aliphatic carbocycles. The van der Waals surface area contributed by atoms with Gasteiger partial charge in [0, 0.05) is 25.3 Å². The first-order chi connectivity index (χ1) is 15.2. The second-order valence-corrected chi connectivity index (χ2v) is 8.05. The molecule has 0 unspecified atom stereocenters. The van der Waals surface area contributed by atoms with Crippen LogP contribution in [0.4, 0.5) is 0 Å². The Kier molecular flexibility index (Phi) is 7.01. The van der Waals surface area contributed by atoms with Crippen molar-refractivity contribution in [3.8, 4) is 11.4 Å². The summed E-state index contributed by atoms with van der Waals surface area (Å²) < 4.78 is 12.5. The Hall–Kier alpha value is -2.68. The summed E-state index contributed by atoms with van der Waals surface area (Å²) in [4.78, 5) is 22.2. The molecule has 9 heteroatoms. The van der Waals surface area contributed by atoms with E-state index in [2.05, 4.69) is 10.1 Å². The highest BCUT2D eigenvalue weighted by molar-refractivity contribution is 7.98. The predicted octanol–water partition coefficient (Wildman–Crippen LogP) is 4.82. The Bertz CT molecular complexity index is 1240. The highest BCUT2D eigenvalue weighted by atomic mass is 35.5. The number of hydrogen-bond donors (Lipinski definition) is 0. The van der Waals surface area contributed by atoms with E-state index in [0.717, 1.165) is 6.42 Å². The first-order valence-corrected chi connectivity index (χ1v) is 11.3. The molecule has 0 aliphatic rings. The van der Waals surface area contributed by atoms with Crippen molar-refractivity contribution < 1.29 is 9.26 Å². The predicted molar refractivity (Wildman–Crippen MR) is 121 cm³/mol. The average Bonchev–Trinajstić information content (AvgIpc) is 3.26. The maximum Gasteiger partial charge on any atom is 0.262 e. The monoisotopic (exact) mass is 456 g/mol. The molecule has 160 valence electrons. The van der Waals surface area contributed by atoms with Crippen molar-refractivity contribution >= 4 is 34.3 Å². The number of rotatable bonds is 9. The van der Waals surface area contributed by atoms with Crippen LogP contribution in [0.5, 0.6) is 0 Å². The number of ether oxygens (including phenoxy) is 1. The van der Waals surface area contributed by atoms with E-state index in [1.165, 1.54) is 11.8 Å². The summed E-state index contributed by atoms with van der Waals surface area (Å²) in [5.41, 5.74) is 1.31. The Labute approximate surface area is 188 Å². The molecule has 4 rings (SSSR count). The molecule has 0 aliphatic heterocycles. The summed E-state index contributed by atoms with van der Waals surface area (Å²) in [5.74, 6) is 1.25. The molecule has 2 aromatic carbocycles. The van der Waals surface area contributed by atoms with Crippen LogP contribution in [0.25, 0.3) is 22.3 Å². The summed E-state index contributed by atoms with van der Waals surface area (Å²) in [6.45, 7) is 3.71. The van der Waals surface area contributed by atoms with Crippen molar-refractivity contribution in [3.05, 3.63) is 69.8 Å². The van der Waals surface area contributed by atoms with Crippen LogP contribution in [-0.2, 0) is 17.0 Å². The summed E-state index contributed by atoms with van der Waals surface area (Å²) in [5, 5.41) is 5.80. The third-order valence-electron chi connectivity index (χ3n) is 4.61. The molecule has 0 saturated carbocycles. The molecular formula is C22H21ClN4O3S. The Morgan fingerprint density at radius 3 is 2.77 bits per heavy atom. The fraction of sp³-hybridized carbons (Fsp3) is 0.273. The standard InChI is InChI=1S/C22H21ClN4O3S/c1-2-29-13-7-12-27-21(28)16-9-4-6-11-18(16)24-22(27)31-14-19-25-20(26-30-19)15-8-3-5-10-17(15)23/h3-6,8-11H,2,7,12-14H2,1H3. The van der Waals surface area contributed by atoms with Crippen LogP contribution in [0.15, 0.2) is 63.0 Å². The van der Waals surface area contributed by atoms with Gasteiger partial charge in [-0.3, -0.25) is 9.36 Å². The van der Waals surface area contributed by atoms with Crippen LogP contribution in [-0.4, -0.2) is 32.9 Å². The van der Waals surface area contributed by atoms with Crippen molar-refractivity contribution in [3.63, 3.8) is 0 Å². The SMILES string of the molecule is CCOCCCn1c(SCc2nc(-c3ccccc3Cl)no2)nc2ccccc2c1=O. The molecule has 0 atom stereocenters. The Balaban J connectivity index is 1.57. The van der Waals surface area contributed by atoms with Crippen LogP contribution in [0.3, 0.4) is 0 Å². The van der Waals surface area contributed by atoms with E-state index in [4.69, 9.17) is 25.8 Å². The maximum absolute atomic E-state index is 13.1. The van der Waals surface area contributed by atoms with Crippen LogP contribution >= 0.6 is 23.4 Å². The minimum Gasteiger partial charge on any atom is -0.382 e. The lowest BCUT2D eigenvalue weighted by Crippen LogP contribution is -2.24. The maximum atomic E-state index is 13.1. The van der Waals surface area contributed by atoms with Gasteiger partial charge in [-0.15, -0.1) is 0 Å². The van der Waals surface area contributed by atoms with Gasteiger partial charge in [-0.1, -0.05) is 52.8 Å². The van der Waals surface area contributed by atoms with Gasteiger partial charge < -0.3 is 9.26 Å². The van der Waals surface area contributed by atoms with E-state index >= 15 is 0 Å². The fourth-order valence-corrected chi connectivity index (χ4v) is 4.20. The summed E-state index contributed by atoms with van der Waals surface area (Å²) in [6, 6.07) is 14.7. The minimum atomic E-state index is -0.0631. The molecule has 0 bridgehead atoms. The van der Waals surface area contributed by atoms with Gasteiger partial charge in [0.2, 0.25) is 11.7 Å². The number of halogens is 1. The number of aromatic nitrogens is 4. The Morgan fingerprint density at radius 1 is 1.13 bits per heavy atom. The quantitative estimate of drug-likeness (QED) is 0.203. The van der Waals surface area contributed by atoms with E-state index in [1.807, 2.05) is 43.3 Å². The molecule has 7 nitrogen and oxygen atoms in total. The zero-order chi connectivity index (χ0) is 21.6. The lowest BCUT2D eigenvalue weighted by molar-refractivity contribution is 0.140. The topological polar surface area (TPSA) is 83.0 Å². The van der Waals surface area contributed by atoms with E-state index in [9.17, 15) is 4.79 Å². The molecular weight excluding hydrogens is 436 g/mol. The summed E-state index contributed by atoms with van der Waals surface area (Å²) in [7, 11) is 0. The van der Waals surface area contributed by atoms with E-state index < -0.39 is 0 Å². The van der Waals surface area contributed by atoms with Gasteiger partial charge in [-0.2, -0.15) is 4.98 Å². The molecule has 4 aromatic rings. The number of hydrogen-bond acceptors (Lipinski definition) is 7. The van der Waals surface area contributed by atoms with E-state index in [0.29, 0.717) is 63.9 Å². The second kappa shape index (κ2) is 10.1. The summed E-state index contributed by atoms with van der Waals surface area (Å²) in [6.07, 6.45) is 0.721. The van der Waals surface area contributed by atoms with Gasteiger partial charge in [0.15, 0.2) is 5.16 Å². The highest BCUT2D eigenvalue weighted by Gasteiger charge is 2.15. The summed E-state index contributed by atoms with van der Waals surface area (Å²) >= 11 is 7.61.